The van der Waals surface area contributed by atoms with Gasteiger partial charge in [-0.3, -0.25) is 9.59 Å². The Labute approximate surface area is 108 Å². The molecular weight excluding hydrogens is 256 g/mol. The predicted octanol–water partition coefficient (Wildman–Crippen LogP) is 0.468. The maximum absolute atomic E-state index is 11.6. The van der Waals surface area contributed by atoms with Gasteiger partial charge in [-0.05, 0) is 11.4 Å². The number of carbonyl (C=O) groups is 3. The molecule has 0 saturated heterocycles. The van der Waals surface area contributed by atoms with Crippen LogP contribution in [0.5, 0.6) is 0 Å². The molecule has 0 saturated carbocycles. The van der Waals surface area contributed by atoms with Crippen molar-refractivity contribution in [3.8, 4) is 0 Å². The van der Waals surface area contributed by atoms with Crippen LogP contribution in [0, 0.1) is 0 Å². The quantitative estimate of drug-likeness (QED) is 0.814. The molecule has 1 atom stereocenters. The summed E-state index contributed by atoms with van der Waals surface area (Å²) in [6.45, 7) is 1.17. The monoisotopic (exact) mass is 270 g/mol. The molecule has 1 aromatic rings. The Morgan fingerprint density at radius 3 is 2.61 bits per heavy atom. The number of amides is 2. The van der Waals surface area contributed by atoms with Crippen LogP contribution >= 0.6 is 11.3 Å². The number of carbonyl (C=O) groups excluding carboxylic acids is 2. The zero-order valence-corrected chi connectivity index (χ0v) is 10.9. The van der Waals surface area contributed by atoms with E-state index in [9.17, 15) is 14.4 Å². The van der Waals surface area contributed by atoms with Crippen LogP contribution in [0.3, 0.4) is 0 Å². The van der Waals surface area contributed by atoms with Gasteiger partial charge < -0.3 is 15.3 Å². The zero-order chi connectivity index (χ0) is 13.7. The maximum atomic E-state index is 11.6. The fourth-order valence-electron chi connectivity index (χ4n) is 1.24. The molecular formula is C11H14N2O4S. The first kappa shape index (κ1) is 14.2. The van der Waals surface area contributed by atoms with E-state index < -0.39 is 17.9 Å². The van der Waals surface area contributed by atoms with Crippen molar-refractivity contribution in [2.75, 3.05) is 13.6 Å². The minimum atomic E-state index is -1.13. The number of nitrogens with one attached hydrogen (secondary N) is 1. The third kappa shape index (κ3) is 3.85. The number of aliphatic carboxylic acids is 1. The van der Waals surface area contributed by atoms with Crippen LogP contribution in [0.1, 0.15) is 17.8 Å². The molecule has 98 valence electrons. The second kappa shape index (κ2) is 6.15. The number of nitrogens with zero attached hydrogens (tertiary/aromatic N) is 1. The minimum Gasteiger partial charge on any atom is -0.479 e. The van der Waals surface area contributed by atoms with Crippen molar-refractivity contribution < 1.29 is 19.5 Å². The summed E-state index contributed by atoms with van der Waals surface area (Å²) in [5, 5.41) is 13.2. The highest BCUT2D eigenvalue weighted by Crippen LogP contribution is 2.18. The molecule has 0 bridgehead atoms. The van der Waals surface area contributed by atoms with Crippen LogP contribution in [0.4, 0.5) is 0 Å². The van der Waals surface area contributed by atoms with Gasteiger partial charge in [0.25, 0.3) is 0 Å². The number of carboxylic acids is 1. The fourth-order valence-corrected chi connectivity index (χ4v) is 2.01. The first-order chi connectivity index (χ1) is 8.41. The molecule has 0 aromatic carbocycles. The summed E-state index contributed by atoms with van der Waals surface area (Å²) in [7, 11) is 1.48. The maximum Gasteiger partial charge on any atom is 0.331 e. The summed E-state index contributed by atoms with van der Waals surface area (Å²) >= 11 is 1.25. The van der Waals surface area contributed by atoms with Crippen molar-refractivity contribution in [3.05, 3.63) is 22.4 Å². The Morgan fingerprint density at radius 1 is 1.50 bits per heavy atom. The van der Waals surface area contributed by atoms with Crippen molar-refractivity contribution in [2.45, 2.75) is 13.0 Å². The van der Waals surface area contributed by atoms with Gasteiger partial charge in [-0.15, -0.1) is 11.3 Å². The Kier molecular flexibility index (Phi) is 4.85. The van der Waals surface area contributed by atoms with E-state index in [1.807, 2.05) is 0 Å². The minimum absolute atomic E-state index is 0.162. The van der Waals surface area contributed by atoms with E-state index in [2.05, 4.69) is 5.32 Å². The number of likely N-dealkylation sites (N-methyl/N-ethyl adjacent to an activating group) is 1. The van der Waals surface area contributed by atoms with Crippen LogP contribution in [0.2, 0.25) is 0 Å². The largest absolute Gasteiger partial charge is 0.479 e. The lowest BCUT2D eigenvalue weighted by Gasteiger charge is -2.17. The molecule has 18 heavy (non-hydrogen) atoms. The van der Waals surface area contributed by atoms with Gasteiger partial charge in [0.2, 0.25) is 11.8 Å². The standard InChI is InChI=1S/C11H14N2O4S/c1-7(14)13(2)6-9(15)12-10(11(16)17)8-4-3-5-18-8/h3-5,10H,6H2,1-2H3,(H,12,15)(H,16,17). The highest BCUT2D eigenvalue weighted by molar-refractivity contribution is 7.10. The molecule has 0 aliphatic rings. The second-order valence-electron chi connectivity index (χ2n) is 3.73. The van der Waals surface area contributed by atoms with Gasteiger partial charge in [0, 0.05) is 18.8 Å². The van der Waals surface area contributed by atoms with Gasteiger partial charge in [-0.25, -0.2) is 4.79 Å². The predicted molar refractivity (Wildman–Crippen MR) is 66.1 cm³/mol. The van der Waals surface area contributed by atoms with Crippen LogP contribution in [-0.4, -0.2) is 41.4 Å². The first-order valence-electron chi connectivity index (χ1n) is 5.19. The molecule has 0 aliphatic heterocycles. The van der Waals surface area contributed by atoms with Gasteiger partial charge in [-0.2, -0.15) is 0 Å². The summed E-state index contributed by atoms with van der Waals surface area (Å²) in [5.41, 5.74) is 0. The molecule has 6 nitrogen and oxygen atoms in total. The topological polar surface area (TPSA) is 86.7 Å². The molecule has 2 N–H and O–H groups in total. The van der Waals surface area contributed by atoms with Crippen LogP contribution in [0.25, 0.3) is 0 Å². The molecule has 0 fully saturated rings. The summed E-state index contributed by atoms with van der Waals surface area (Å²) < 4.78 is 0. The van der Waals surface area contributed by atoms with Crippen molar-refractivity contribution >= 4 is 29.1 Å². The van der Waals surface area contributed by atoms with Gasteiger partial charge in [0.05, 0.1) is 6.54 Å². The molecule has 0 spiro atoms. The number of hydrogen-bond donors (Lipinski definition) is 2. The Morgan fingerprint density at radius 2 is 2.17 bits per heavy atom. The highest BCUT2D eigenvalue weighted by Gasteiger charge is 2.23. The van der Waals surface area contributed by atoms with E-state index in [0.29, 0.717) is 4.88 Å². The molecule has 1 unspecified atom stereocenters. The van der Waals surface area contributed by atoms with E-state index in [-0.39, 0.29) is 12.5 Å². The van der Waals surface area contributed by atoms with Crippen LogP contribution < -0.4 is 5.32 Å². The lowest BCUT2D eigenvalue weighted by atomic mass is 10.2. The number of thiophene rings is 1. The van der Waals surface area contributed by atoms with E-state index in [4.69, 9.17) is 5.11 Å². The van der Waals surface area contributed by atoms with Crippen molar-refractivity contribution in [1.82, 2.24) is 10.2 Å². The Balaban J connectivity index is 2.65. The smallest absolute Gasteiger partial charge is 0.331 e. The van der Waals surface area contributed by atoms with Crippen molar-refractivity contribution in [3.63, 3.8) is 0 Å². The summed E-state index contributed by atoms with van der Waals surface area (Å²) in [4.78, 5) is 35.4. The van der Waals surface area contributed by atoms with Crippen molar-refractivity contribution in [1.29, 1.82) is 0 Å². The molecule has 7 heteroatoms. The summed E-state index contributed by atoms with van der Waals surface area (Å²) in [6.07, 6.45) is 0. The van der Waals surface area contributed by atoms with E-state index in [1.54, 1.807) is 17.5 Å². The highest BCUT2D eigenvalue weighted by atomic mass is 32.1. The molecule has 1 aromatic heterocycles. The number of carboxylic acid groups (broad SMARTS) is 1. The summed E-state index contributed by atoms with van der Waals surface area (Å²) in [5.74, 6) is -1.89. The summed E-state index contributed by atoms with van der Waals surface area (Å²) in [6, 6.07) is 2.28. The zero-order valence-electron chi connectivity index (χ0n) is 10.0. The number of hydrogen-bond acceptors (Lipinski definition) is 4. The van der Waals surface area contributed by atoms with Crippen molar-refractivity contribution in [2.24, 2.45) is 0 Å². The number of rotatable bonds is 5. The van der Waals surface area contributed by atoms with Gasteiger partial charge in [0.15, 0.2) is 6.04 Å². The van der Waals surface area contributed by atoms with E-state index >= 15 is 0 Å². The average molecular weight is 270 g/mol. The molecule has 1 heterocycles. The fraction of sp³-hybridized carbons (Fsp3) is 0.364. The third-order valence-corrected chi connectivity index (χ3v) is 3.24. The lowest BCUT2D eigenvalue weighted by Crippen LogP contribution is -2.41. The van der Waals surface area contributed by atoms with Crippen LogP contribution in [0.15, 0.2) is 17.5 Å². The van der Waals surface area contributed by atoms with E-state index in [0.717, 1.165) is 0 Å². The molecule has 0 radical (unpaired) electrons. The first-order valence-corrected chi connectivity index (χ1v) is 6.07. The average Bonchev–Trinajstić information content (AvgIpc) is 2.78. The van der Waals surface area contributed by atoms with Gasteiger partial charge in [-0.1, -0.05) is 6.07 Å². The molecule has 0 aliphatic carbocycles. The Hall–Kier alpha value is -1.89. The SMILES string of the molecule is CC(=O)N(C)CC(=O)NC(C(=O)O)c1cccs1. The van der Waals surface area contributed by atoms with Gasteiger partial charge in [0.1, 0.15) is 0 Å². The lowest BCUT2D eigenvalue weighted by molar-refractivity contribution is -0.142. The van der Waals surface area contributed by atoms with E-state index in [1.165, 1.54) is 30.2 Å². The van der Waals surface area contributed by atoms with Crippen LogP contribution in [-0.2, 0) is 14.4 Å². The normalized spacial score (nSPS) is 11.7. The Bertz CT molecular complexity index is 444. The molecule has 2 amide bonds. The molecule has 1 rings (SSSR count). The second-order valence-corrected chi connectivity index (χ2v) is 4.71. The van der Waals surface area contributed by atoms with Gasteiger partial charge >= 0.3 is 5.97 Å². The third-order valence-electron chi connectivity index (χ3n) is 2.30.